The molecule has 0 radical (unpaired) electrons. The number of aryl methyl sites for hydroxylation is 1. The molecule has 0 saturated heterocycles. The molecule has 1 aliphatic heterocycles. The van der Waals surface area contributed by atoms with Crippen LogP contribution in [-0.4, -0.2) is 29.1 Å². The number of methoxy groups -OCH3 is 1. The van der Waals surface area contributed by atoms with Gasteiger partial charge in [-0.15, -0.1) is 0 Å². The zero-order chi connectivity index (χ0) is 19.8. The topological polar surface area (TPSA) is 64.4 Å². The Labute approximate surface area is 171 Å². The van der Waals surface area contributed by atoms with Crippen LogP contribution in [0.2, 0.25) is 10.0 Å². The maximum absolute atomic E-state index is 13.0. The fourth-order valence-corrected chi connectivity index (χ4v) is 4.04. The highest BCUT2D eigenvalue weighted by molar-refractivity contribution is 6.38. The fraction of sp³-hybridized carbons (Fsp3) is 0.250. The Hall–Kier alpha value is -2.57. The first-order valence-corrected chi connectivity index (χ1v) is 9.55. The van der Waals surface area contributed by atoms with Gasteiger partial charge in [0.15, 0.2) is 0 Å². The number of fused-ring (bicyclic) bond motifs is 2. The molecule has 2 heterocycles. The van der Waals surface area contributed by atoms with Crippen molar-refractivity contribution in [2.45, 2.75) is 19.4 Å². The van der Waals surface area contributed by atoms with Gasteiger partial charge in [0, 0.05) is 17.3 Å². The van der Waals surface area contributed by atoms with Gasteiger partial charge in [0.05, 0.1) is 29.4 Å². The number of nitrogens with zero attached hydrogens (tertiary/aromatic N) is 3. The number of ether oxygens (including phenoxy) is 1. The van der Waals surface area contributed by atoms with E-state index in [1.807, 2.05) is 18.2 Å². The minimum absolute atomic E-state index is 0.114. The summed E-state index contributed by atoms with van der Waals surface area (Å²) in [6.45, 7) is 0.489. The Morgan fingerprint density at radius 2 is 2.07 bits per heavy atom. The molecule has 1 aliphatic rings. The number of anilines is 1. The zero-order valence-corrected chi connectivity index (χ0v) is 16.6. The Kier molecular flexibility index (Phi) is 5.00. The number of hydrogen-bond donors (Lipinski definition) is 0. The van der Waals surface area contributed by atoms with Crippen molar-refractivity contribution in [1.29, 1.82) is 0 Å². The van der Waals surface area contributed by atoms with Gasteiger partial charge in [-0.2, -0.15) is 0 Å². The van der Waals surface area contributed by atoms with Crippen LogP contribution in [0.5, 0.6) is 5.75 Å². The van der Waals surface area contributed by atoms with E-state index in [0.717, 1.165) is 29.8 Å². The van der Waals surface area contributed by atoms with Crippen LogP contribution in [0, 0.1) is 0 Å². The molecule has 0 fully saturated rings. The molecule has 28 heavy (non-hydrogen) atoms. The van der Waals surface area contributed by atoms with Gasteiger partial charge in [-0.3, -0.25) is 14.2 Å². The van der Waals surface area contributed by atoms with Crippen LogP contribution in [0.1, 0.15) is 12.0 Å². The molecule has 0 aliphatic carbocycles. The molecule has 0 atom stereocenters. The third-order valence-electron chi connectivity index (χ3n) is 4.86. The molecule has 0 unspecified atom stereocenters. The number of aromatic nitrogens is 2. The van der Waals surface area contributed by atoms with Gasteiger partial charge in [0.2, 0.25) is 5.91 Å². The van der Waals surface area contributed by atoms with E-state index >= 15 is 0 Å². The van der Waals surface area contributed by atoms with E-state index in [2.05, 4.69) is 4.98 Å². The second-order valence-corrected chi connectivity index (χ2v) is 7.45. The normalized spacial score (nSPS) is 13.5. The van der Waals surface area contributed by atoms with Gasteiger partial charge in [-0.25, -0.2) is 4.98 Å². The molecular weight excluding hydrogens is 401 g/mol. The summed E-state index contributed by atoms with van der Waals surface area (Å²) in [7, 11) is 1.62. The van der Waals surface area contributed by atoms with E-state index in [1.165, 1.54) is 23.0 Å². The van der Waals surface area contributed by atoms with Crippen molar-refractivity contribution in [3.8, 4) is 5.75 Å². The van der Waals surface area contributed by atoms with E-state index < -0.39 is 0 Å². The Morgan fingerprint density at radius 1 is 1.25 bits per heavy atom. The summed E-state index contributed by atoms with van der Waals surface area (Å²) < 4.78 is 6.56. The summed E-state index contributed by atoms with van der Waals surface area (Å²) in [6.07, 6.45) is 3.08. The summed E-state index contributed by atoms with van der Waals surface area (Å²) in [6, 6.07) is 8.71. The van der Waals surface area contributed by atoms with Crippen molar-refractivity contribution in [2.24, 2.45) is 0 Å². The van der Waals surface area contributed by atoms with Crippen molar-refractivity contribution in [2.75, 3.05) is 18.6 Å². The molecule has 8 heteroatoms. The zero-order valence-electron chi connectivity index (χ0n) is 15.1. The lowest BCUT2D eigenvalue weighted by molar-refractivity contribution is -0.119. The average molecular weight is 418 g/mol. The molecule has 1 amide bonds. The molecule has 2 aromatic carbocycles. The van der Waals surface area contributed by atoms with Gasteiger partial charge in [0.1, 0.15) is 12.3 Å². The fourth-order valence-electron chi connectivity index (χ4n) is 3.50. The average Bonchev–Trinajstić information content (AvgIpc) is 2.69. The highest BCUT2D eigenvalue weighted by Crippen LogP contribution is 2.30. The summed E-state index contributed by atoms with van der Waals surface area (Å²) in [5.74, 6) is 0.583. The molecule has 0 bridgehead atoms. The minimum Gasteiger partial charge on any atom is -0.497 e. The molecule has 4 rings (SSSR count). The molecular formula is C20H17Cl2N3O3. The summed E-state index contributed by atoms with van der Waals surface area (Å²) in [4.78, 5) is 31.7. The van der Waals surface area contributed by atoms with Crippen LogP contribution >= 0.6 is 23.2 Å². The number of halogens is 2. The van der Waals surface area contributed by atoms with Crippen LogP contribution < -0.4 is 15.2 Å². The number of rotatable bonds is 3. The van der Waals surface area contributed by atoms with E-state index in [-0.39, 0.29) is 23.4 Å². The molecule has 0 saturated carbocycles. The second kappa shape index (κ2) is 7.45. The van der Waals surface area contributed by atoms with Crippen LogP contribution in [0.3, 0.4) is 0 Å². The number of carbonyl (C=O) groups excluding carboxylic acids is 1. The van der Waals surface area contributed by atoms with Crippen LogP contribution in [-0.2, 0) is 17.8 Å². The summed E-state index contributed by atoms with van der Waals surface area (Å²) >= 11 is 12.1. The van der Waals surface area contributed by atoms with Gasteiger partial charge < -0.3 is 9.64 Å². The second-order valence-electron chi connectivity index (χ2n) is 6.60. The number of benzene rings is 2. The van der Waals surface area contributed by atoms with Gasteiger partial charge in [-0.1, -0.05) is 23.2 Å². The van der Waals surface area contributed by atoms with Crippen molar-refractivity contribution in [3.05, 3.63) is 62.6 Å². The Balaban J connectivity index is 1.67. The molecule has 6 nitrogen and oxygen atoms in total. The lowest BCUT2D eigenvalue weighted by atomic mass is 10.0. The summed E-state index contributed by atoms with van der Waals surface area (Å²) in [5, 5.41) is 0.938. The first-order chi connectivity index (χ1) is 13.5. The maximum Gasteiger partial charge on any atom is 0.261 e. The quantitative estimate of drug-likeness (QED) is 0.651. The van der Waals surface area contributed by atoms with Crippen LogP contribution in [0.25, 0.3) is 10.9 Å². The Bertz CT molecular complexity index is 1140. The Morgan fingerprint density at radius 3 is 2.86 bits per heavy atom. The monoisotopic (exact) mass is 417 g/mol. The third-order valence-corrected chi connectivity index (χ3v) is 5.36. The molecule has 0 spiro atoms. The molecule has 0 N–H and O–H groups in total. The standard InChI is InChI=1S/C20H17Cl2N3O3/c1-28-14-4-5-17-12(7-14)3-2-6-25(17)18(26)10-24-11-23-19-15(20(24)27)8-13(21)9-16(19)22/h4-5,7-9,11H,2-3,6,10H2,1H3. The van der Waals surface area contributed by atoms with Gasteiger partial charge in [0.25, 0.3) is 5.56 Å². The highest BCUT2D eigenvalue weighted by atomic mass is 35.5. The van der Waals surface area contributed by atoms with Gasteiger partial charge >= 0.3 is 0 Å². The minimum atomic E-state index is -0.352. The first-order valence-electron chi connectivity index (χ1n) is 8.79. The summed E-state index contributed by atoms with van der Waals surface area (Å²) in [5.41, 5.74) is 1.93. The van der Waals surface area contributed by atoms with Crippen LogP contribution in [0.4, 0.5) is 5.69 Å². The van der Waals surface area contributed by atoms with Gasteiger partial charge in [-0.05, 0) is 48.7 Å². The van der Waals surface area contributed by atoms with E-state index in [9.17, 15) is 9.59 Å². The smallest absolute Gasteiger partial charge is 0.261 e. The van der Waals surface area contributed by atoms with Crippen molar-refractivity contribution >= 4 is 45.7 Å². The highest BCUT2D eigenvalue weighted by Gasteiger charge is 2.23. The molecule has 3 aromatic rings. The van der Waals surface area contributed by atoms with E-state index in [4.69, 9.17) is 27.9 Å². The maximum atomic E-state index is 13.0. The number of carbonyl (C=O) groups is 1. The van der Waals surface area contributed by atoms with Crippen molar-refractivity contribution < 1.29 is 9.53 Å². The largest absolute Gasteiger partial charge is 0.497 e. The van der Waals surface area contributed by atoms with Crippen molar-refractivity contribution in [3.63, 3.8) is 0 Å². The lowest BCUT2D eigenvalue weighted by Crippen LogP contribution is -2.39. The van der Waals surface area contributed by atoms with E-state index in [0.29, 0.717) is 22.1 Å². The van der Waals surface area contributed by atoms with Crippen LogP contribution in [0.15, 0.2) is 41.5 Å². The predicted octanol–water partition coefficient (Wildman–Crippen LogP) is 3.69. The third kappa shape index (κ3) is 3.34. The SMILES string of the molecule is COc1ccc2c(c1)CCCN2C(=O)Cn1cnc2c(Cl)cc(Cl)cc2c1=O. The van der Waals surface area contributed by atoms with E-state index in [1.54, 1.807) is 12.0 Å². The molecule has 144 valence electrons. The number of amides is 1. The van der Waals surface area contributed by atoms with Crippen molar-refractivity contribution in [1.82, 2.24) is 9.55 Å². The predicted molar refractivity (Wildman–Crippen MR) is 110 cm³/mol. The lowest BCUT2D eigenvalue weighted by Gasteiger charge is -2.30. The molecule has 1 aromatic heterocycles. The number of hydrogen-bond acceptors (Lipinski definition) is 4. The first kappa shape index (κ1) is 18.8.